The Morgan fingerprint density at radius 1 is 0.968 bits per heavy atom. The van der Waals surface area contributed by atoms with Crippen molar-refractivity contribution in [1.29, 1.82) is 0 Å². The molecule has 3 aromatic rings. The number of carbonyl (C=O) groups is 1. The zero-order valence-electron chi connectivity index (χ0n) is 16.8. The fraction of sp³-hybridized carbons (Fsp3) is 0.125. The molecule has 4 rings (SSSR count). The van der Waals surface area contributed by atoms with Crippen LogP contribution in [-0.4, -0.2) is 22.4 Å². The van der Waals surface area contributed by atoms with Crippen LogP contribution in [0.3, 0.4) is 0 Å². The van der Waals surface area contributed by atoms with Crippen molar-refractivity contribution < 1.29 is 9.35 Å². The van der Waals surface area contributed by atoms with Gasteiger partial charge in [0.05, 0.1) is 5.69 Å². The molecule has 2 unspecified atom stereocenters. The minimum atomic E-state index is -1.43. The fourth-order valence-electron chi connectivity index (χ4n) is 3.21. The van der Waals surface area contributed by atoms with Gasteiger partial charge in [0.15, 0.2) is 4.90 Å². The van der Waals surface area contributed by atoms with Crippen LogP contribution in [0.25, 0.3) is 11.1 Å². The Hall–Kier alpha value is -2.87. The van der Waals surface area contributed by atoms with Crippen LogP contribution in [0, 0.1) is 0 Å². The summed E-state index contributed by atoms with van der Waals surface area (Å²) < 4.78 is 16.0. The molecular formula is C24H23N3O2S2. The molecular weight excluding hydrogens is 426 g/mol. The van der Waals surface area contributed by atoms with Gasteiger partial charge in [0, 0.05) is 23.0 Å². The molecule has 0 saturated carbocycles. The van der Waals surface area contributed by atoms with Crippen molar-refractivity contribution >= 4 is 40.5 Å². The number of amides is 2. The average molecular weight is 450 g/mol. The number of carbonyl (C=O) groups excluding carboxylic acids is 1. The van der Waals surface area contributed by atoms with Gasteiger partial charge in [-0.15, -0.1) is 11.8 Å². The number of hydrogen-bond acceptors (Lipinski definition) is 4. The molecule has 1 heterocycles. The number of nitrogens with one attached hydrogen (secondary N) is 3. The van der Waals surface area contributed by atoms with E-state index in [2.05, 4.69) is 26.8 Å². The first-order valence-corrected chi connectivity index (χ1v) is 12.1. The van der Waals surface area contributed by atoms with Gasteiger partial charge in [0.25, 0.3) is 0 Å². The maximum absolute atomic E-state index is 13.0. The summed E-state index contributed by atoms with van der Waals surface area (Å²) in [6.45, 7) is 0.628. The molecule has 31 heavy (non-hydrogen) atoms. The van der Waals surface area contributed by atoms with Crippen LogP contribution < -0.4 is 15.4 Å². The van der Waals surface area contributed by atoms with E-state index in [0.29, 0.717) is 23.2 Å². The molecule has 3 N–H and O–H groups in total. The van der Waals surface area contributed by atoms with E-state index in [0.717, 1.165) is 22.4 Å². The minimum absolute atomic E-state index is 0.228. The number of benzene rings is 3. The van der Waals surface area contributed by atoms with E-state index in [4.69, 9.17) is 0 Å². The van der Waals surface area contributed by atoms with Crippen molar-refractivity contribution in [3.8, 4) is 11.1 Å². The van der Waals surface area contributed by atoms with Crippen LogP contribution in [0.5, 0.6) is 0 Å². The molecule has 0 spiro atoms. The normalized spacial score (nSPS) is 16.0. The SMILES string of the molecule is O=C(NCC1CC=CS1)Nc1ccc(N[S+]([O-])c2ccccc2-c2ccccc2)cc1. The standard InChI is InChI=1S/C24H23N3O2S2/c28-24(25-17-21-9-6-16-30-21)26-19-12-14-20(15-13-19)27-31(29)23-11-5-4-10-22(23)18-7-2-1-3-8-18/h1-8,10-16,21,27H,9,17H2,(H2,25,26,28). The molecule has 7 heteroatoms. The quantitative estimate of drug-likeness (QED) is 0.409. The first-order chi connectivity index (χ1) is 15.2. The first-order valence-electron chi connectivity index (χ1n) is 9.97. The van der Waals surface area contributed by atoms with Crippen molar-refractivity contribution in [2.24, 2.45) is 0 Å². The van der Waals surface area contributed by atoms with Gasteiger partial charge in [0.1, 0.15) is 11.4 Å². The summed E-state index contributed by atoms with van der Waals surface area (Å²) in [6.07, 6.45) is 3.10. The highest BCUT2D eigenvalue weighted by atomic mass is 32.2. The lowest BCUT2D eigenvalue weighted by atomic mass is 10.1. The maximum Gasteiger partial charge on any atom is 0.319 e. The van der Waals surface area contributed by atoms with Crippen molar-refractivity contribution in [1.82, 2.24) is 5.32 Å². The van der Waals surface area contributed by atoms with Crippen molar-refractivity contribution in [2.75, 3.05) is 16.6 Å². The summed E-state index contributed by atoms with van der Waals surface area (Å²) in [4.78, 5) is 12.8. The molecule has 2 amide bonds. The van der Waals surface area contributed by atoms with Crippen LogP contribution in [0.2, 0.25) is 0 Å². The minimum Gasteiger partial charge on any atom is -0.588 e. The molecule has 1 aliphatic rings. The number of urea groups is 1. The molecule has 0 saturated heterocycles. The van der Waals surface area contributed by atoms with Gasteiger partial charge < -0.3 is 15.2 Å². The van der Waals surface area contributed by atoms with Crippen LogP contribution in [-0.2, 0) is 11.4 Å². The smallest absolute Gasteiger partial charge is 0.319 e. The highest BCUT2D eigenvalue weighted by Gasteiger charge is 2.18. The lowest BCUT2D eigenvalue weighted by Gasteiger charge is -2.15. The highest BCUT2D eigenvalue weighted by Crippen LogP contribution is 2.28. The Morgan fingerprint density at radius 2 is 1.68 bits per heavy atom. The van der Waals surface area contributed by atoms with Crippen LogP contribution in [0.4, 0.5) is 16.2 Å². The predicted molar refractivity (Wildman–Crippen MR) is 131 cm³/mol. The van der Waals surface area contributed by atoms with E-state index in [-0.39, 0.29) is 6.03 Å². The summed E-state index contributed by atoms with van der Waals surface area (Å²) in [5, 5.41) is 8.19. The molecule has 5 nitrogen and oxygen atoms in total. The lowest BCUT2D eigenvalue weighted by Crippen LogP contribution is -2.33. The van der Waals surface area contributed by atoms with Crippen molar-refractivity contribution in [3.63, 3.8) is 0 Å². The lowest BCUT2D eigenvalue weighted by molar-refractivity contribution is 0.252. The molecule has 2 atom stereocenters. The molecule has 0 bridgehead atoms. The zero-order chi connectivity index (χ0) is 21.5. The van der Waals surface area contributed by atoms with Gasteiger partial charge in [-0.05, 0) is 53.8 Å². The van der Waals surface area contributed by atoms with Gasteiger partial charge in [-0.1, -0.05) is 48.5 Å². The Kier molecular flexibility index (Phi) is 7.19. The summed E-state index contributed by atoms with van der Waals surface area (Å²) in [7, 11) is 0. The molecule has 0 aliphatic carbocycles. The van der Waals surface area contributed by atoms with E-state index in [1.54, 1.807) is 36.0 Å². The topological polar surface area (TPSA) is 76.2 Å². The third-order valence-electron chi connectivity index (χ3n) is 4.78. The van der Waals surface area contributed by atoms with Crippen LogP contribution in [0.1, 0.15) is 6.42 Å². The Labute approximate surface area is 189 Å². The zero-order valence-corrected chi connectivity index (χ0v) is 18.4. The Morgan fingerprint density at radius 3 is 2.42 bits per heavy atom. The summed E-state index contributed by atoms with van der Waals surface area (Å²) in [6, 6.07) is 24.5. The number of thioether (sulfide) groups is 1. The molecule has 0 radical (unpaired) electrons. The maximum atomic E-state index is 13.0. The van der Waals surface area contributed by atoms with Crippen LogP contribution in [0.15, 0.2) is 95.2 Å². The van der Waals surface area contributed by atoms with Crippen LogP contribution >= 0.6 is 11.8 Å². The second-order valence-electron chi connectivity index (χ2n) is 7.01. The number of allylic oxidation sites excluding steroid dienone is 1. The second kappa shape index (κ2) is 10.4. The van der Waals surface area contributed by atoms with Gasteiger partial charge >= 0.3 is 6.03 Å². The van der Waals surface area contributed by atoms with Crippen molar-refractivity contribution in [3.05, 3.63) is 90.3 Å². The van der Waals surface area contributed by atoms with Crippen molar-refractivity contribution in [2.45, 2.75) is 16.6 Å². The van der Waals surface area contributed by atoms with E-state index in [9.17, 15) is 9.35 Å². The number of hydrogen-bond donors (Lipinski definition) is 3. The van der Waals surface area contributed by atoms with Gasteiger partial charge in [-0.2, -0.15) is 0 Å². The summed E-state index contributed by atoms with van der Waals surface area (Å²) >= 11 is 0.309. The molecule has 1 aliphatic heterocycles. The van der Waals surface area contributed by atoms with E-state index in [1.807, 2.05) is 54.6 Å². The van der Waals surface area contributed by atoms with Gasteiger partial charge in [-0.3, -0.25) is 0 Å². The molecule has 0 fully saturated rings. The largest absolute Gasteiger partial charge is 0.588 e. The fourth-order valence-corrected chi connectivity index (χ4v) is 5.11. The van der Waals surface area contributed by atoms with E-state index in [1.165, 1.54) is 0 Å². The first kappa shape index (κ1) is 21.4. The monoisotopic (exact) mass is 449 g/mol. The summed E-state index contributed by atoms with van der Waals surface area (Å²) in [5.74, 6) is 0. The molecule has 3 aromatic carbocycles. The second-order valence-corrected chi connectivity index (χ2v) is 9.40. The van der Waals surface area contributed by atoms with E-state index >= 15 is 0 Å². The Balaban J connectivity index is 1.35. The van der Waals surface area contributed by atoms with Gasteiger partial charge in [0.2, 0.25) is 0 Å². The predicted octanol–water partition coefficient (Wildman–Crippen LogP) is 5.63. The number of anilines is 2. The highest BCUT2D eigenvalue weighted by molar-refractivity contribution is 8.03. The van der Waals surface area contributed by atoms with E-state index < -0.39 is 11.4 Å². The van der Waals surface area contributed by atoms with Gasteiger partial charge in [-0.25, -0.2) is 9.52 Å². The molecule has 158 valence electrons. The third kappa shape index (κ3) is 5.85. The Bertz CT molecular complexity index is 1030. The number of rotatable bonds is 7. The average Bonchev–Trinajstić information content (AvgIpc) is 3.33. The summed E-state index contributed by atoms with van der Waals surface area (Å²) in [5.41, 5.74) is 3.33. The molecule has 0 aromatic heterocycles. The third-order valence-corrected chi connectivity index (χ3v) is 7.05.